The lowest BCUT2D eigenvalue weighted by Gasteiger charge is -2.21. The molecule has 6 nitrogen and oxygen atoms in total. The number of hydrogen-bond donors (Lipinski definition) is 1. The van der Waals surface area contributed by atoms with Gasteiger partial charge in [0.2, 0.25) is 0 Å². The van der Waals surface area contributed by atoms with Crippen LogP contribution >= 0.6 is 0 Å². The summed E-state index contributed by atoms with van der Waals surface area (Å²) in [5.74, 6) is 5.13. The van der Waals surface area contributed by atoms with Crippen LogP contribution in [-0.4, -0.2) is 50.4 Å². The van der Waals surface area contributed by atoms with E-state index in [4.69, 9.17) is 0 Å². The zero-order valence-electron chi connectivity index (χ0n) is 16.2. The standard InChI is InChI=1S/C22H20F2N4O2/c1-27(15-20(29)12-16-5-3-2-4-6-16)21(30)18-11-17(13-25-14-18)7-8-19-9-10-28(26-19)22(23)24/h2-6,9-11,13-14,20,22,29H,12,15H2,1H3. The fraction of sp³-hybridized carbons (Fsp3) is 0.227. The summed E-state index contributed by atoms with van der Waals surface area (Å²) in [7, 11) is 1.60. The Hall–Kier alpha value is -3.57. The summed E-state index contributed by atoms with van der Waals surface area (Å²) in [6, 6.07) is 12.5. The molecule has 0 radical (unpaired) electrons. The van der Waals surface area contributed by atoms with E-state index < -0.39 is 12.7 Å². The molecule has 1 N–H and O–H groups in total. The molecule has 154 valence electrons. The average molecular weight is 410 g/mol. The van der Waals surface area contributed by atoms with Gasteiger partial charge in [0, 0.05) is 44.2 Å². The minimum Gasteiger partial charge on any atom is -0.391 e. The van der Waals surface area contributed by atoms with E-state index in [0.29, 0.717) is 22.2 Å². The molecule has 0 aliphatic rings. The van der Waals surface area contributed by atoms with Gasteiger partial charge in [0.1, 0.15) is 5.69 Å². The van der Waals surface area contributed by atoms with E-state index in [2.05, 4.69) is 21.9 Å². The number of hydrogen-bond acceptors (Lipinski definition) is 4. The van der Waals surface area contributed by atoms with Crippen LogP contribution in [0.1, 0.15) is 33.7 Å². The van der Waals surface area contributed by atoms with Gasteiger partial charge in [0.05, 0.1) is 11.7 Å². The number of rotatable bonds is 6. The Morgan fingerprint density at radius 2 is 1.97 bits per heavy atom. The van der Waals surface area contributed by atoms with E-state index in [-0.39, 0.29) is 18.1 Å². The largest absolute Gasteiger partial charge is 0.391 e. The number of aliphatic hydroxyl groups excluding tert-OH is 1. The molecule has 0 bridgehead atoms. The molecule has 0 spiro atoms. The van der Waals surface area contributed by atoms with Gasteiger partial charge in [-0.3, -0.25) is 9.78 Å². The highest BCUT2D eigenvalue weighted by molar-refractivity contribution is 5.94. The second-order valence-corrected chi connectivity index (χ2v) is 6.70. The molecule has 1 unspecified atom stereocenters. The molecular formula is C22H20F2N4O2. The van der Waals surface area contributed by atoms with Gasteiger partial charge in [-0.05, 0) is 23.6 Å². The molecular weight excluding hydrogens is 390 g/mol. The van der Waals surface area contributed by atoms with Gasteiger partial charge in [-0.25, -0.2) is 4.68 Å². The highest BCUT2D eigenvalue weighted by Crippen LogP contribution is 2.10. The van der Waals surface area contributed by atoms with Crippen LogP contribution < -0.4 is 0 Å². The van der Waals surface area contributed by atoms with E-state index in [1.807, 2.05) is 30.3 Å². The second-order valence-electron chi connectivity index (χ2n) is 6.70. The average Bonchev–Trinajstić information content (AvgIpc) is 3.22. The number of pyridine rings is 1. The second kappa shape index (κ2) is 9.76. The summed E-state index contributed by atoms with van der Waals surface area (Å²) < 4.78 is 25.6. The van der Waals surface area contributed by atoms with Gasteiger partial charge in [-0.1, -0.05) is 36.3 Å². The fourth-order valence-electron chi connectivity index (χ4n) is 2.85. The van der Waals surface area contributed by atoms with Crippen LogP contribution in [0.25, 0.3) is 0 Å². The first-order valence-corrected chi connectivity index (χ1v) is 9.20. The number of halogens is 2. The van der Waals surface area contributed by atoms with E-state index in [1.165, 1.54) is 23.4 Å². The zero-order valence-corrected chi connectivity index (χ0v) is 16.2. The quantitative estimate of drug-likeness (QED) is 0.635. The van der Waals surface area contributed by atoms with E-state index in [0.717, 1.165) is 11.8 Å². The Labute approximate surface area is 172 Å². The Morgan fingerprint density at radius 1 is 1.20 bits per heavy atom. The summed E-state index contributed by atoms with van der Waals surface area (Å²) in [5, 5.41) is 13.9. The summed E-state index contributed by atoms with van der Waals surface area (Å²) >= 11 is 0. The van der Waals surface area contributed by atoms with Gasteiger partial charge in [0.25, 0.3) is 5.91 Å². The van der Waals surface area contributed by atoms with Gasteiger partial charge in [0.15, 0.2) is 0 Å². The highest BCUT2D eigenvalue weighted by Gasteiger charge is 2.16. The summed E-state index contributed by atoms with van der Waals surface area (Å²) in [5.41, 5.74) is 1.94. The lowest BCUT2D eigenvalue weighted by atomic mass is 10.1. The minimum atomic E-state index is -2.73. The zero-order chi connectivity index (χ0) is 21.5. The summed E-state index contributed by atoms with van der Waals surface area (Å²) in [6.45, 7) is -2.56. The number of alkyl halides is 2. The van der Waals surface area contributed by atoms with Crippen LogP contribution in [0.4, 0.5) is 8.78 Å². The molecule has 1 atom stereocenters. The van der Waals surface area contributed by atoms with Crippen LogP contribution in [0.2, 0.25) is 0 Å². The molecule has 0 aliphatic heterocycles. The molecule has 1 aromatic carbocycles. The number of carbonyl (C=O) groups is 1. The summed E-state index contributed by atoms with van der Waals surface area (Å²) in [4.78, 5) is 18.1. The Bertz CT molecular complexity index is 1060. The third-order valence-electron chi connectivity index (χ3n) is 4.27. The van der Waals surface area contributed by atoms with E-state index in [9.17, 15) is 18.7 Å². The van der Waals surface area contributed by atoms with Gasteiger partial charge in [-0.15, -0.1) is 0 Å². The molecule has 3 aromatic rings. The number of amides is 1. The van der Waals surface area contributed by atoms with Crippen LogP contribution in [-0.2, 0) is 6.42 Å². The van der Waals surface area contributed by atoms with Crippen molar-refractivity contribution in [2.24, 2.45) is 0 Å². The molecule has 30 heavy (non-hydrogen) atoms. The first kappa shape index (κ1) is 21.1. The van der Waals surface area contributed by atoms with Gasteiger partial charge < -0.3 is 10.0 Å². The van der Waals surface area contributed by atoms with Crippen LogP contribution in [0.5, 0.6) is 0 Å². The highest BCUT2D eigenvalue weighted by atomic mass is 19.3. The van der Waals surface area contributed by atoms with Crippen molar-refractivity contribution in [3.05, 3.63) is 83.4 Å². The number of benzene rings is 1. The number of nitrogens with zero attached hydrogens (tertiary/aromatic N) is 4. The topological polar surface area (TPSA) is 71.2 Å². The molecule has 3 rings (SSSR count). The first-order chi connectivity index (χ1) is 14.4. The molecule has 1 amide bonds. The van der Waals surface area contributed by atoms with Crippen molar-refractivity contribution in [1.82, 2.24) is 19.7 Å². The minimum absolute atomic E-state index is 0.161. The Morgan fingerprint density at radius 3 is 2.67 bits per heavy atom. The number of aromatic nitrogens is 3. The molecule has 8 heteroatoms. The Balaban J connectivity index is 1.64. The van der Waals surface area contributed by atoms with Crippen molar-refractivity contribution < 1.29 is 18.7 Å². The molecule has 0 fully saturated rings. The fourth-order valence-corrected chi connectivity index (χ4v) is 2.85. The third kappa shape index (κ3) is 5.72. The maximum Gasteiger partial charge on any atom is 0.333 e. The van der Waals surface area contributed by atoms with Gasteiger partial charge in [-0.2, -0.15) is 13.9 Å². The molecule has 0 saturated heterocycles. The SMILES string of the molecule is CN(CC(O)Cc1ccccc1)C(=O)c1cncc(C#Cc2ccn(C(F)F)n2)c1. The third-order valence-corrected chi connectivity index (χ3v) is 4.27. The van der Waals surface area contributed by atoms with Crippen molar-refractivity contribution in [3.63, 3.8) is 0 Å². The number of aliphatic hydroxyl groups is 1. The molecule has 2 heterocycles. The molecule has 0 aliphatic carbocycles. The lowest BCUT2D eigenvalue weighted by Crippen LogP contribution is -2.35. The van der Waals surface area contributed by atoms with Crippen molar-refractivity contribution in [1.29, 1.82) is 0 Å². The van der Waals surface area contributed by atoms with E-state index in [1.54, 1.807) is 13.1 Å². The van der Waals surface area contributed by atoms with Crippen molar-refractivity contribution in [2.75, 3.05) is 13.6 Å². The maximum absolute atomic E-state index is 12.7. The van der Waals surface area contributed by atoms with Crippen LogP contribution in [0.15, 0.2) is 61.1 Å². The van der Waals surface area contributed by atoms with Crippen molar-refractivity contribution >= 4 is 5.91 Å². The predicted molar refractivity (Wildman–Crippen MR) is 107 cm³/mol. The predicted octanol–water partition coefficient (Wildman–Crippen LogP) is 2.75. The summed E-state index contributed by atoms with van der Waals surface area (Å²) in [6.07, 6.45) is 3.76. The van der Waals surface area contributed by atoms with Crippen LogP contribution in [0.3, 0.4) is 0 Å². The van der Waals surface area contributed by atoms with Gasteiger partial charge >= 0.3 is 6.55 Å². The Kier molecular flexibility index (Phi) is 6.88. The first-order valence-electron chi connectivity index (χ1n) is 9.20. The normalized spacial score (nSPS) is 11.6. The van der Waals surface area contributed by atoms with Crippen LogP contribution in [0, 0.1) is 11.8 Å². The molecule has 0 saturated carbocycles. The smallest absolute Gasteiger partial charge is 0.333 e. The lowest BCUT2D eigenvalue weighted by molar-refractivity contribution is 0.0564. The van der Waals surface area contributed by atoms with E-state index >= 15 is 0 Å². The monoisotopic (exact) mass is 410 g/mol. The maximum atomic E-state index is 12.7. The number of carbonyl (C=O) groups excluding carboxylic acids is 1. The molecule has 2 aromatic heterocycles. The van der Waals surface area contributed by atoms with Crippen molar-refractivity contribution in [3.8, 4) is 11.8 Å². The van der Waals surface area contributed by atoms with Crippen molar-refractivity contribution in [2.45, 2.75) is 19.1 Å². The number of likely N-dealkylation sites (N-methyl/N-ethyl adjacent to an activating group) is 1.